The lowest BCUT2D eigenvalue weighted by molar-refractivity contribution is -0.308. The average Bonchev–Trinajstić information content (AvgIpc) is 2.26. The first-order valence-corrected chi connectivity index (χ1v) is 5.67. The van der Waals surface area contributed by atoms with Crippen molar-refractivity contribution in [1.29, 1.82) is 0 Å². The third-order valence-corrected chi connectivity index (χ3v) is 2.46. The highest BCUT2D eigenvalue weighted by Crippen LogP contribution is 2.14. The first-order valence-electron chi connectivity index (χ1n) is 4.28. The topological polar surface area (TPSA) is 130 Å². The van der Waals surface area contributed by atoms with E-state index in [9.17, 15) is 14.4 Å². The summed E-state index contributed by atoms with van der Waals surface area (Å²) in [5, 5.41) is 25.7. The minimum Gasteiger partial charge on any atom is -0.479 e. The van der Waals surface area contributed by atoms with E-state index in [1.165, 1.54) is 0 Å². The molecule has 3 N–H and O–H groups in total. The fraction of sp³-hybridized carbons (Fsp3) is 0.625. The highest BCUT2D eigenvalue weighted by Gasteiger charge is 2.47. The van der Waals surface area contributed by atoms with E-state index in [-0.39, 0.29) is 5.75 Å². The molecule has 9 heteroatoms. The van der Waals surface area contributed by atoms with Crippen molar-refractivity contribution in [1.82, 2.24) is 0 Å². The maximum Gasteiger partial charge on any atom is 0.354 e. The number of ether oxygens (including phenoxy) is 1. The van der Waals surface area contributed by atoms with E-state index >= 15 is 0 Å². The maximum atomic E-state index is 11.4. The van der Waals surface area contributed by atoms with Gasteiger partial charge in [0.1, 0.15) is 0 Å². The zero-order valence-corrected chi connectivity index (χ0v) is 9.89. The van der Waals surface area contributed by atoms with Crippen LogP contribution in [0.25, 0.3) is 0 Å². The molecule has 0 amide bonds. The number of carbonyl (C=O) groups excluding carboxylic acids is 1. The quantitative estimate of drug-likeness (QED) is 0.246. The van der Waals surface area contributed by atoms with E-state index in [0.717, 1.165) is 18.7 Å². The Morgan fingerprint density at radius 1 is 1.35 bits per heavy atom. The lowest BCUT2D eigenvalue weighted by Gasteiger charge is -2.21. The van der Waals surface area contributed by atoms with Gasteiger partial charge in [-0.2, -0.15) is 11.8 Å². The summed E-state index contributed by atoms with van der Waals surface area (Å²) in [5.74, 6) is -4.76. The molecule has 0 rings (SSSR count). The molecular weight excluding hydrogens is 256 g/mol. The van der Waals surface area contributed by atoms with Crippen molar-refractivity contribution in [3.8, 4) is 0 Å². The number of thioether (sulfide) groups is 1. The summed E-state index contributed by atoms with van der Waals surface area (Å²) in [5.41, 5.74) is -2.65. The Kier molecular flexibility index (Phi) is 5.93. The fourth-order valence-electron chi connectivity index (χ4n) is 0.712. The van der Waals surface area contributed by atoms with Crippen molar-refractivity contribution in [2.75, 3.05) is 12.0 Å². The smallest absolute Gasteiger partial charge is 0.354 e. The highest BCUT2D eigenvalue weighted by atomic mass is 32.2. The summed E-state index contributed by atoms with van der Waals surface area (Å²) >= 11 is 1.10. The Bertz CT molecular complexity index is 317. The lowest BCUT2D eigenvalue weighted by Crippen LogP contribution is -2.49. The minimum absolute atomic E-state index is 0.0534. The molecule has 0 aliphatic heterocycles. The summed E-state index contributed by atoms with van der Waals surface area (Å²) in [6.07, 6.45) is 0.0780. The second kappa shape index (κ2) is 6.42. The Morgan fingerprint density at radius 2 is 1.88 bits per heavy atom. The normalized spacial score (nSPS) is 15.7. The molecule has 17 heavy (non-hydrogen) atoms. The first kappa shape index (κ1) is 15.7. The van der Waals surface area contributed by atoms with Crippen LogP contribution in [0, 0.1) is 0 Å². The third kappa shape index (κ3) is 3.88. The van der Waals surface area contributed by atoms with Gasteiger partial charge in [0.2, 0.25) is 6.10 Å². The van der Waals surface area contributed by atoms with E-state index < -0.39 is 29.6 Å². The van der Waals surface area contributed by atoms with Crippen molar-refractivity contribution in [3.63, 3.8) is 0 Å². The van der Waals surface area contributed by atoms with Crippen LogP contribution in [0.3, 0.4) is 0 Å². The van der Waals surface area contributed by atoms with Crippen LogP contribution in [-0.4, -0.2) is 57.1 Å². The molecule has 0 aromatic heterocycles. The monoisotopic (exact) mass is 268 g/mol. The van der Waals surface area contributed by atoms with Gasteiger partial charge >= 0.3 is 17.9 Å². The van der Waals surface area contributed by atoms with Crippen LogP contribution in [0.2, 0.25) is 0 Å². The Balaban J connectivity index is 4.81. The summed E-state index contributed by atoms with van der Waals surface area (Å²) in [7, 11) is 0. The highest BCUT2D eigenvalue weighted by molar-refractivity contribution is 7.98. The zero-order chi connectivity index (χ0) is 13.6. The Morgan fingerprint density at radius 3 is 2.18 bits per heavy atom. The van der Waals surface area contributed by atoms with Gasteiger partial charge < -0.3 is 14.9 Å². The van der Waals surface area contributed by atoms with Gasteiger partial charge in [-0.05, 0) is 13.2 Å². The van der Waals surface area contributed by atoms with E-state index in [1.807, 2.05) is 0 Å². The molecule has 2 atom stereocenters. The molecule has 0 aromatic rings. The van der Waals surface area contributed by atoms with Crippen LogP contribution in [-0.2, 0) is 24.0 Å². The maximum absolute atomic E-state index is 11.4. The largest absolute Gasteiger partial charge is 0.479 e. The molecule has 0 aromatic carbocycles. The SMILES string of the molecule is CSCC(OC(=O)C(C)(OO)C(=O)O)C(=O)O. The Labute approximate surface area is 100 Å². The van der Waals surface area contributed by atoms with E-state index in [4.69, 9.17) is 15.5 Å². The molecular formula is C8H12O8S. The summed E-state index contributed by atoms with van der Waals surface area (Å²) in [6, 6.07) is 0. The first-order chi connectivity index (χ1) is 7.79. The van der Waals surface area contributed by atoms with Crippen molar-refractivity contribution in [3.05, 3.63) is 0 Å². The van der Waals surface area contributed by atoms with Crippen LogP contribution in [0.1, 0.15) is 6.92 Å². The predicted molar refractivity (Wildman–Crippen MR) is 55.7 cm³/mol. The summed E-state index contributed by atoms with van der Waals surface area (Å²) < 4.78 is 4.44. The van der Waals surface area contributed by atoms with Crippen LogP contribution in [0.4, 0.5) is 0 Å². The summed E-state index contributed by atoms with van der Waals surface area (Å²) in [6.45, 7) is 0.746. The molecule has 0 bridgehead atoms. The number of aliphatic carboxylic acids is 2. The number of rotatable bonds is 7. The molecule has 0 aliphatic carbocycles. The zero-order valence-electron chi connectivity index (χ0n) is 9.08. The van der Waals surface area contributed by atoms with Gasteiger partial charge in [-0.15, -0.1) is 0 Å². The van der Waals surface area contributed by atoms with E-state index in [2.05, 4.69) is 9.62 Å². The molecule has 0 aliphatic rings. The molecule has 0 spiro atoms. The molecule has 0 heterocycles. The molecule has 0 fully saturated rings. The van der Waals surface area contributed by atoms with E-state index in [0.29, 0.717) is 0 Å². The van der Waals surface area contributed by atoms with Crippen molar-refractivity contribution in [2.24, 2.45) is 0 Å². The van der Waals surface area contributed by atoms with Crippen LogP contribution >= 0.6 is 11.8 Å². The second-order valence-electron chi connectivity index (χ2n) is 3.12. The fourth-order valence-corrected chi connectivity index (χ4v) is 1.23. The van der Waals surface area contributed by atoms with Crippen LogP contribution in [0.15, 0.2) is 0 Å². The standard InChI is InChI=1S/C8H12O8S/c1-8(16-14,6(11)12)7(13)15-4(3-17-2)5(9)10/h4,14H,3H2,1-2H3,(H,9,10)(H,11,12). The molecule has 0 radical (unpaired) electrons. The number of carboxylic acids is 2. The number of hydrogen-bond donors (Lipinski definition) is 3. The average molecular weight is 268 g/mol. The second-order valence-corrected chi connectivity index (χ2v) is 4.03. The summed E-state index contributed by atoms with van der Waals surface area (Å²) in [4.78, 5) is 36.2. The predicted octanol–water partition coefficient (Wildman–Crippen LogP) is -0.321. The van der Waals surface area contributed by atoms with Crippen molar-refractivity contribution in [2.45, 2.75) is 18.6 Å². The van der Waals surface area contributed by atoms with Gasteiger partial charge in [0.25, 0.3) is 5.60 Å². The molecule has 0 saturated carbocycles. The molecule has 8 nitrogen and oxygen atoms in total. The van der Waals surface area contributed by atoms with Gasteiger partial charge in [0, 0.05) is 5.75 Å². The van der Waals surface area contributed by atoms with Gasteiger partial charge in [-0.3, -0.25) is 5.26 Å². The number of carbonyl (C=O) groups is 3. The van der Waals surface area contributed by atoms with Crippen molar-refractivity contribution >= 4 is 29.7 Å². The Hall–Kier alpha value is -1.32. The third-order valence-electron chi connectivity index (χ3n) is 1.82. The number of hydrogen-bond acceptors (Lipinski definition) is 7. The minimum atomic E-state index is -2.65. The van der Waals surface area contributed by atoms with Gasteiger partial charge in [-0.25, -0.2) is 19.3 Å². The number of esters is 1. The van der Waals surface area contributed by atoms with Gasteiger partial charge in [-0.1, -0.05) is 0 Å². The molecule has 98 valence electrons. The van der Waals surface area contributed by atoms with Crippen LogP contribution in [0.5, 0.6) is 0 Å². The lowest BCUT2D eigenvalue weighted by atomic mass is 10.1. The van der Waals surface area contributed by atoms with E-state index in [1.54, 1.807) is 6.26 Å². The number of carboxylic acid groups (broad SMARTS) is 2. The van der Waals surface area contributed by atoms with Gasteiger partial charge in [0.05, 0.1) is 0 Å². The molecule has 2 unspecified atom stereocenters. The van der Waals surface area contributed by atoms with Crippen LogP contribution < -0.4 is 0 Å². The van der Waals surface area contributed by atoms with Crippen molar-refractivity contribution < 1.29 is 39.5 Å². The molecule has 0 saturated heterocycles. The van der Waals surface area contributed by atoms with Gasteiger partial charge in [0.15, 0.2) is 0 Å².